The van der Waals surface area contributed by atoms with Crippen LogP contribution in [-0.2, 0) is 56.8 Å². The molecule has 1 saturated heterocycles. The fraction of sp³-hybridized carbons (Fsp3) is 0.310. The van der Waals surface area contributed by atoms with Gasteiger partial charge < -0.3 is 53.0 Å². The molecule has 0 spiro atoms. The molecule has 491 valence electrons. The molecule has 1 fully saturated rings. The number of phenolic OH excluding ortho intramolecular Hbond substituents is 2. The number of nitro groups is 1. The molecule has 23 nitrogen and oxygen atoms in total. The number of aromatic nitrogens is 4. The number of halogens is 6. The first-order chi connectivity index (χ1) is 43.1. The number of nitrogen functional groups attached to an aromatic ring is 1. The second-order valence-corrected chi connectivity index (χ2v) is 28.4. The van der Waals surface area contributed by atoms with E-state index < -0.39 is 38.0 Å². The number of fused-ring (bicyclic) bond motifs is 4. The number of nitro benzene ring substituents is 1. The summed E-state index contributed by atoms with van der Waals surface area (Å²) in [5, 5.41) is 43.9. The fourth-order valence-electron chi connectivity index (χ4n) is 7.86. The third-order valence-corrected chi connectivity index (χ3v) is 16.0. The number of nitrogens with two attached hydrogens (primary N) is 1. The van der Waals surface area contributed by atoms with Gasteiger partial charge in [0.15, 0.2) is 28.1 Å². The molecule has 1 aliphatic heterocycles. The normalized spacial score (nSPS) is 12.2. The van der Waals surface area contributed by atoms with Crippen molar-refractivity contribution in [3.8, 4) is 11.5 Å². The molecule has 6 aromatic carbocycles. The minimum absolute atomic E-state index is 0.115. The number of thiol groups is 1. The van der Waals surface area contributed by atoms with E-state index in [0.29, 0.717) is 38.8 Å². The van der Waals surface area contributed by atoms with Crippen LogP contribution in [0, 0.1) is 10.1 Å². The average Bonchev–Trinajstić information content (AvgIpc) is 1.61. The quantitative estimate of drug-likeness (QED) is 0.0225. The van der Waals surface area contributed by atoms with E-state index in [2.05, 4.69) is 109 Å². The van der Waals surface area contributed by atoms with E-state index in [1.807, 2.05) is 82.3 Å². The van der Waals surface area contributed by atoms with E-state index in [4.69, 9.17) is 70.8 Å². The van der Waals surface area contributed by atoms with E-state index in [1.165, 1.54) is 42.0 Å². The van der Waals surface area contributed by atoms with Gasteiger partial charge in [-0.2, -0.15) is 0 Å². The SMILES string of the molecule is CCB(O)O.CCc1cc2oc(=O)n(C)c2cc1B1OC(C)(C)C(C)(C)O1.CCc1cc2oc(=O)n(C)c2cc1Br.CCc1ccc2c(c1)oc(=O)n2C.Cn1c(=O)oc2cc(Br)ccc21.Nc1ccc(Br)cc1O.O=[N+]([O-])c1ccc(Br)cc1O.[B]=NS.[Cl][Sn][Cl]. The third kappa shape index (κ3) is 22.7. The molecule has 6 N–H and O–H groups in total. The first-order valence-corrected chi connectivity index (χ1v) is 38.2. The Morgan fingerprint density at radius 2 is 0.989 bits per heavy atom. The van der Waals surface area contributed by atoms with E-state index in [-0.39, 0.29) is 51.4 Å². The zero-order chi connectivity index (χ0) is 69.7. The summed E-state index contributed by atoms with van der Waals surface area (Å²) in [6.07, 6.45) is 3.09. The van der Waals surface area contributed by atoms with Gasteiger partial charge in [-0.1, -0.05) is 97.5 Å². The van der Waals surface area contributed by atoms with Gasteiger partial charge in [0.25, 0.3) is 0 Å². The van der Waals surface area contributed by atoms with Gasteiger partial charge in [0.05, 0.1) is 43.9 Å². The van der Waals surface area contributed by atoms with Crippen molar-refractivity contribution in [2.45, 2.75) is 92.2 Å². The number of nitrogens with zero attached hydrogens (tertiary/aromatic N) is 6. The van der Waals surface area contributed by atoms with Crippen LogP contribution in [0.2, 0.25) is 6.32 Å². The van der Waals surface area contributed by atoms with Crippen molar-refractivity contribution in [1.29, 1.82) is 0 Å². The summed E-state index contributed by atoms with van der Waals surface area (Å²) in [7, 11) is 19.4. The summed E-state index contributed by atoms with van der Waals surface area (Å²) in [5.41, 5.74) is 14.8. The third-order valence-electron chi connectivity index (χ3n) is 13.8. The molecule has 0 bridgehead atoms. The van der Waals surface area contributed by atoms with Gasteiger partial charge in [-0.05, 0) is 154 Å². The van der Waals surface area contributed by atoms with Crippen LogP contribution in [0.1, 0.15) is 72.1 Å². The second kappa shape index (κ2) is 37.7. The van der Waals surface area contributed by atoms with Gasteiger partial charge in [0.1, 0.15) is 5.75 Å². The first kappa shape index (κ1) is 80.9. The summed E-state index contributed by atoms with van der Waals surface area (Å²) in [6.45, 7) is 16.0. The molecule has 11 rings (SSSR count). The molecule has 0 amide bonds. The van der Waals surface area contributed by atoms with E-state index in [0.717, 1.165) is 71.3 Å². The number of aromatic hydroxyl groups is 2. The zero-order valence-electron chi connectivity index (χ0n) is 52.0. The van der Waals surface area contributed by atoms with Crippen LogP contribution < -0.4 is 34.2 Å². The van der Waals surface area contributed by atoms with Crippen LogP contribution in [0.25, 0.3) is 44.4 Å². The maximum atomic E-state index is 11.7. The Hall–Kier alpha value is -5.32. The van der Waals surface area contributed by atoms with Crippen molar-refractivity contribution in [2.24, 2.45) is 32.5 Å². The molecule has 92 heavy (non-hydrogen) atoms. The predicted octanol–water partition coefficient (Wildman–Crippen LogP) is 12.5. The summed E-state index contributed by atoms with van der Waals surface area (Å²) in [6, 6.07) is 28.0. The monoisotopic (exact) mass is 1690 g/mol. The Bertz CT molecular complexity index is 4350. The van der Waals surface area contributed by atoms with Gasteiger partial charge in [0.2, 0.25) is 0 Å². The summed E-state index contributed by atoms with van der Waals surface area (Å²) < 4.78 is 44.7. The predicted molar refractivity (Wildman–Crippen MR) is 383 cm³/mol. The Kier molecular flexibility index (Phi) is 33.1. The van der Waals surface area contributed by atoms with Crippen LogP contribution in [0.5, 0.6) is 11.5 Å². The van der Waals surface area contributed by atoms with Crippen molar-refractivity contribution in [1.82, 2.24) is 18.3 Å². The van der Waals surface area contributed by atoms with Crippen LogP contribution >= 0.6 is 94.4 Å². The number of benzene rings is 6. The zero-order valence-corrected chi connectivity index (χ0v) is 63.6. The first-order valence-electron chi connectivity index (χ1n) is 27.4. The van der Waals surface area contributed by atoms with Crippen molar-refractivity contribution < 1.29 is 52.2 Å². The molecule has 0 saturated carbocycles. The van der Waals surface area contributed by atoms with Crippen LogP contribution in [-0.4, -0.2) is 95.4 Å². The molecule has 4 aromatic heterocycles. The number of rotatable bonds is 6. The second-order valence-electron chi connectivity index (χ2n) is 20.4. The van der Waals surface area contributed by atoms with Gasteiger partial charge in [-0.3, -0.25) is 28.4 Å². The number of hydrogen-bond donors (Lipinski definition) is 6. The standard InChI is InChI=1S/C16H22BNO4.C10H10BrNO2.C10H11NO2.C8H6BrNO2.C6H4BrNO3.C6H6BrNO.C2H7BO2.BHNS.2ClH.Sn/c1-7-10-8-13-12(18(6)14(19)20-13)9-11(10)17-21-15(2,3)16(4,5)22-17;1-3-6-4-9-8(5-7(6)11)12(2)10(13)14-9;1-3-7-4-5-8-9(6-7)13-10(12)11(8)2;1-10-6-3-2-5(9)4-7(6)12-8(10)11;7-4-1-2-5(8(10)11)6(9)3-4;7-4-1-2-5(8)6(9)3-4;1-2-3(4)5;1-2-3;;;/h8-9H,7H2,1-6H3;4-5H,3H2,1-2H3;4-6H,3H2,1-2H3;2-4H,1H3;1-3,9H;1-3,9H,8H2;4-5H,2H2,1H3;3H;2*1H;/q;;;;;;;;;;+2/p-2. The maximum absolute atomic E-state index is 11.7. The molecule has 0 aliphatic carbocycles. The molecule has 3 radical (unpaired) electrons. The van der Waals surface area contributed by atoms with Crippen LogP contribution in [0.4, 0.5) is 11.4 Å². The van der Waals surface area contributed by atoms with Crippen molar-refractivity contribution in [2.75, 3.05) is 5.73 Å². The Labute approximate surface area is 587 Å². The van der Waals surface area contributed by atoms with Gasteiger partial charge in [-0.25, -0.2) is 19.2 Å². The van der Waals surface area contributed by atoms with Crippen molar-refractivity contribution in [3.05, 3.63) is 184 Å². The van der Waals surface area contributed by atoms with Crippen molar-refractivity contribution >= 4 is 196 Å². The Morgan fingerprint density at radius 3 is 1.39 bits per heavy atom. The molecule has 5 heterocycles. The summed E-state index contributed by atoms with van der Waals surface area (Å²) in [5.74, 6) is -1.52. The molecular weight excluding hydrogens is 1620 g/mol. The molecule has 0 atom stereocenters. The summed E-state index contributed by atoms with van der Waals surface area (Å²) in [4.78, 5) is 54.6. The van der Waals surface area contributed by atoms with Gasteiger partial charge >= 0.3 is 104 Å². The van der Waals surface area contributed by atoms with Gasteiger partial charge in [0, 0.05) is 58.2 Å². The van der Waals surface area contributed by atoms with E-state index in [9.17, 15) is 29.3 Å². The number of aryl methyl sites for hydroxylation is 7. The van der Waals surface area contributed by atoms with E-state index in [1.54, 1.807) is 59.4 Å². The average molecular weight is 1690 g/mol. The minimum atomic E-state index is -1.12. The Morgan fingerprint density at radius 1 is 0.620 bits per heavy atom. The van der Waals surface area contributed by atoms with Crippen molar-refractivity contribution in [3.63, 3.8) is 0 Å². The number of phenols is 2. The molecule has 1 aliphatic rings. The number of anilines is 1. The molecule has 34 heteroatoms. The molecular formula is C58H67B3Br4Cl2N7O16SSn. The fourth-order valence-corrected chi connectivity index (χ4v) is 9.51. The number of hydrogen-bond acceptors (Lipinski definition) is 19. The van der Waals surface area contributed by atoms with Crippen LogP contribution in [0.3, 0.4) is 0 Å². The van der Waals surface area contributed by atoms with Crippen LogP contribution in [0.15, 0.2) is 156 Å². The Balaban J connectivity index is 0.000000284. The topological polar surface area (TPSA) is 321 Å². The number of oxazole rings is 4. The van der Waals surface area contributed by atoms with Gasteiger partial charge in [-0.15, -0.1) is 0 Å². The molecule has 10 aromatic rings. The van der Waals surface area contributed by atoms with E-state index >= 15 is 0 Å². The summed E-state index contributed by atoms with van der Waals surface area (Å²) >= 11 is 15.4. The molecule has 0 unspecified atom stereocenters.